The number of epoxide rings is 2. The van der Waals surface area contributed by atoms with Crippen LogP contribution in [0.5, 0.6) is 0 Å². The van der Waals surface area contributed by atoms with Crippen molar-refractivity contribution in [2.45, 2.75) is 81.3 Å². The Hall–Kier alpha value is -1.70. The van der Waals surface area contributed by atoms with Gasteiger partial charge in [0.15, 0.2) is 6.10 Å². The number of esters is 2. The van der Waals surface area contributed by atoms with Crippen LogP contribution in [0.15, 0.2) is 23.8 Å². The molecule has 3 aliphatic carbocycles. The molecule has 0 aromatic rings. The van der Waals surface area contributed by atoms with Gasteiger partial charge in [-0.1, -0.05) is 27.4 Å². The van der Waals surface area contributed by atoms with Crippen LogP contribution in [0.4, 0.5) is 0 Å². The van der Waals surface area contributed by atoms with Crippen molar-refractivity contribution in [1.82, 2.24) is 0 Å². The minimum atomic E-state index is -0.717. The molecule has 8 rings (SSSR count). The molecule has 7 nitrogen and oxygen atoms in total. The lowest BCUT2D eigenvalue weighted by Crippen LogP contribution is -2.84. The number of hydrogen-bond acceptors (Lipinski definition) is 7. The average molecular weight is 414 g/mol. The fraction of sp³-hybridized carbons (Fsp3) is 0.739. The summed E-state index contributed by atoms with van der Waals surface area (Å²) in [5, 5.41) is 0. The molecule has 9 atom stereocenters. The Morgan fingerprint density at radius 3 is 2.73 bits per heavy atom. The summed E-state index contributed by atoms with van der Waals surface area (Å²) in [7, 11) is 0. The standard InChI is InChI=1S/C23H26O7/c1-5-14(24)27-19-21-8-13(28-21)15-12-9-26-18(25)11(12)6-7-20(15,4)23(21)17(30-23)16-22(19,29-16)10(2)3/h5,10,13,15-17,19H,1,6-9H2,2-4H3/t13-,15-,16+,17+,19+,20+,21-,22+,23-/m1/s1. The average Bonchev–Trinajstić information content (AvgIpc) is 3.55. The van der Waals surface area contributed by atoms with E-state index < -0.39 is 28.9 Å². The van der Waals surface area contributed by atoms with Gasteiger partial charge in [0.25, 0.3) is 0 Å². The molecule has 0 amide bonds. The van der Waals surface area contributed by atoms with Crippen molar-refractivity contribution in [1.29, 1.82) is 0 Å². The van der Waals surface area contributed by atoms with Gasteiger partial charge in [-0.05, 0) is 24.3 Å². The van der Waals surface area contributed by atoms with Crippen LogP contribution in [0.2, 0.25) is 0 Å². The number of hydrogen-bond donors (Lipinski definition) is 0. The normalized spacial score (nSPS) is 55.9. The molecule has 5 aliphatic heterocycles. The third-order valence-corrected chi connectivity index (χ3v) is 9.45. The second-order valence-electron chi connectivity index (χ2n) is 10.6. The van der Waals surface area contributed by atoms with E-state index in [1.54, 1.807) is 0 Å². The monoisotopic (exact) mass is 414 g/mol. The van der Waals surface area contributed by atoms with Crippen LogP contribution in [0, 0.1) is 17.3 Å². The first-order valence-corrected chi connectivity index (χ1v) is 11.0. The molecule has 5 heterocycles. The lowest BCUT2D eigenvalue weighted by molar-refractivity contribution is -0.367. The molecule has 8 aliphatic rings. The topological polar surface area (TPSA) is 86.9 Å². The Morgan fingerprint density at radius 1 is 1.27 bits per heavy atom. The van der Waals surface area contributed by atoms with Gasteiger partial charge < -0.3 is 23.7 Å². The van der Waals surface area contributed by atoms with E-state index in [0.29, 0.717) is 13.0 Å². The summed E-state index contributed by atoms with van der Waals surface area (Å²) >= 11 is 0. The molecule has 2 saturated carbocycles. The lowest BCUT2D eigenvalue weighted by atomic mass is 9.42. The zero-order valence-corrected chi connectivity index (χ0v) is 17.4. The maximum atomic E-state index is 12.4. The number of carbonyl (C=O) groups excluding carboxylic acids is 2. The van der Waals surface area contributed by atoms with Crippen LogP contribution < -0.4 is 0 Å². The number of carbonyl (C=O) groups is 2. The first-order chi connectivity index (χ1) is 14.3. The van der Waals surface area contributed by atoms with Crippen LogP contribution in [-0.2, 0) is 33.3 Å². The quantitative estimate of drug-likeness (QED) is 0.396. The summed E-state index contributed by atoms with van der Waals surface area (Å²) in [4.78, 5) is 24.6. The van der Waals surface area contributed by atoms with Crippen molar-refractivity contribution in [3.8, 4) is 0 Å². The molecule has 4 saturated heterocycles. The molecule has 30 heavy (non-hydrogen) atoms. The summed E-state index contributed by atoms with van der Waals surface area (Å²) < 4.78 is 31.1. The van der Waals surface area contributed by atoms with Crippen LogP contribution in [0.1, 0.15) is 40.0 Å². The van der Waals surface area contributed by atoms with Crippen molar-refractivity contribution in [2.75, 3.05) is 6.61 Å². The van der Waals surface area contributed by atoms with Gasteiger partial charge in [-0.15, -0.1) is 0 Å². The maximum Gasteiger partial charge on any atom is 0.334 e. The van der Waals surface area contributed by atoms with Crippen molar-refractivity contribution in [3.05, 3.63) is 23.8 Å². The summed E-state index contributed by atoms with van der Waals surface area (Å²) in [6.07, 6.45) is 2.70. The molecule has 160 valence electrons. The Morgan fingerprint density at radius 2 is 2.03 bits per heavy atom. The molecule has 0 aromatic heterocycles. The second-order valence-corrected chi connectivity index (χ2v) is 10.6. The number of fused-ring (bicyclic) bond motifs is 2. The van der Waals surface area contributed by atoms with E-state index in [1.165, 1.54) is 6.08 Å². The number of rotatable bonds is 3. The molecule has 7 heteroatoms. The fourth-order valence-corrected chi connectivity index (χ4v) is 8.22. The van der Waals surface area contributed by atoms with Crippen molar-refractivity contribution in [3.63, 3.8) is 0 Å². The molecule has 2 bridgehead atoms. The highest BCUT2D eigenvalue weighted by molar-refractivity contribution is 5.92. The SMILES string of the molecule is C=CC(=O)O[C@@H]1[C@@]2(C(C)C)O[C@H]2[C@@H]2O[C@@]23[C@@]2(C)CCC4=C(COC4=O)[C@@H]2[C@H]2C[C@@]13O2. The van der Waals surface area contributed by atoms with Crippen molar-refractivity contribution in [2.24, 2.45) is 17.3 Å². The number of ether oxygens (including phenoxy) is 5. The Balaban J connectivity index is 1.38. The van der Waals surface area contributed by atoms with Crippen LogP contribution in [-0.4, -0.2) is 59.8 Å². The highest BCUT2D eigenvalue weighted by Crippen LogP contribution is 2.82. The Bertz CT molecular complexity index is 961. The van der Waals surface area contributed by atoms with Crippen molar-refractivity contribution < 1.29 is 33.3 Å². The van der Waals surface area contributed by atoms with E-state index in [9.17, 15) is 9.59 Å². The van der Waals surface area contributed by atoms with Gasteiger partial charge in [0, 0.05) is 29.4 Å². The molecule has 0 N–H and O–H groups in total. The largest absolute Gasteiger partial charge is 0.458 e. The highest BCUT2D eigenvalue weighted by atomic mass is 16.7. The molecule has 0 unspecified atom stereocenters. The summed E-state index contributed by atoms with van der Waals surface area (Å²) in [5.41, 5.74) is -0.172. The molecule has 6 fully saturated rings. The maximum absolute atomic E-state index is 12.4. The summed E-state index contributed by atoms with van der Waals surface area (Å²) in [6.45, 7) is 10.4. The van der Waals surface area contributed by atoms with Gasteiger partial charge in [0.05, 0.1) is 6.10 Å². The van der Waals surface area contributed by atoms with E-state index in [4.69, 9.17) is 23.7 Å². The van der Waals surface area contributed by atoms with Gasteiger partial charge in [0.1, 0.15) is 35.6 Å². The van der Waals surface area contributed by atoms with E-state index in [1.807, 2.05) is 0 Å². The van der Waals surface area contributed by atoms with E-state index in [0.717, 1.165) is 24.0 Å². The molecule has 2 spiro atoms. The first kappa shape index (κ1) is 17.9. The zero-order valence-electron chi connectivity index (χ0n) is 17.4. The predicted octanol–water partition coefficient (Wildman–Crippen LogP) is 1.84. The van der Waals surface area contributed by atoms with Gasteiger partial charge in [-0.25, -0.2) is 9.59 Å². The molecule has 0 aromatic carbocycles. The van der Waals surface area contributed by atoms with Crippen molar-refractivity contribution >= 4 is 11.9 Å². The molecular formula is C23H26O7. The minimum absolute atomic E-state index is 0.0327. The van der Waals surface area contributed by atoms with E-state index in [-0.39, 0.29) is 41.5 Å². The van der Waals surface area contributed by atoms with E-state index in [2.05, 4.69) is 27.4 Å². The highest BCUT2D eigenvalue weighted by Gasteiger charge is 2.98. The van der Waals surface area contributed by atoms with Crippen LogP contribution in [0.3, 0.4) is 0 Å². The molecule has 0 radical (unpaired) electrons. The lowest BCUT2D eigenvalue weighted by Gasteiger charge is -2.70. The van der Waals surface area contributed by atoms with Gasteiger partial charge in [0.2, 0.25) is 0 Å². The van der Waals surface area contributed by atoms with Crippen LogP contribution >= 0.6 is 0 Å². The fourth-order valence-electron chi connectivity index (χ4n) is 8.22. The zero-order chi connectivity index (χ0) is 20.8. The van der Waals surface area contributed by atoms with Gasteiger partial charge >= 0.3 is 11.9 Å². The third-order valence-electron chi connectivity index (χ3n) is 9.45. The van der Waals surface area contributed by atoms with E-state index >= 15 is 0 Å². The Kier molecular flexibility index (Phi) is 2.91. The van der Waals surface area contributed by atoms with Crippen LogP contribution in [0.25, 0.3) is 0 Å². The predicted molar refractivity (Wildman–Crippen MR) is 101 cm³/mol. The molecular weight excluding hydrogens is 388 g/mol. The summed E-state index contributed by atoms with van der Waals surface area (Å²) in [6, 6.07) is 0. The third kappa shape index (κ3) is 1.52. The first-order valence-electron chi connectivity index (χ1n) is 11.0. The summed E-state index contributed by atoms with van der Waals surface area (Å²) in [5.74, 6) is -0.405. The van der Waals surface area contributed by atoms with Gasteiger partial charge in [-0.3, -0.25) is 0 Å². The van der Waals surface area contributed by atoms with Gasteiger partial charge in [-0.2, -0.15) is 0 Å². The second kappa shape index (κ2) is 4.87. The Labute approximate surface area is 174 Å². The minimum Gasteiger partial charge on any atom is -0.458 e. The number of cyclic esters (lactones) is 1. The smallest absolute Gasteiger partial charge is 0.334 e.